The van der Waals surface area contributed by atoms with Crippen molar-refractivity contribution in [1.29, 1.82) is 0 Å². The molecule has 0 fully saturated rings. The van der Waals surface area contributed by atoms with Crippen LogP contribution in [0.5, 0.6) is 0 Å². The highest BCUT2D eigenvalue weighted by Gasteiger charge is 2.28. The van der Waals surface area contributed by atoms with Crippen LogP contribution in [0.1, 0.15) is 93.9 Å². The van der Waals surface area contributed by atoms with Crippen LogP contribution in [0.4, 0.5) is 0 Å². The Morgan fingerprint density at radius 3 is 2.33 bits per heavy atom. The number of thiazole rings is 1. The molecule has 0 aliphatic heterocycles. The Kier molecular flexibility index (Phi) is 13.8. The Labute approximate surface area is 241 Å². The third-order valence-electron chi connectivity index (χ3n) is 6.62. The molecular formula is C30H43N3O6S. The molecule has 1 aromatic heterocycles. The maximum Gasteiger partial charge on any atom is 0.308 e. The van der Waals surface area contributed by atoms with Crippen molar-refractivity contribution in [2.24, 2.45) is 11.8 Å². The van der Waals surface area contributed by atoms with Gasteiger partial charge >= 0.3 is 11.9 Å². The van der Waals surface area contributed by atoms with Gasteiger partial charge in [0.05, 0.1) is 13.0 Å². The van der Waals surface area contributed by atoms with Gasteiger partial charge in [0.2, 0.25) is 5.91 Å². The number of benzene rings is 1. The smallest absolute Gasteiger partial charge is 0.308 e. The Morgan fingerprint density at radius 1 is 1.02 bits per heavy atom. The van der Waals surface area contributed by atoms with Crippen LogP contribution in [0.25, 0.3) is 0 Å². The highest BCUT2D eigenvalue weighted by molar-refractivity contribution is 7.09. The average Bonchev–Trinajstić information content (AvgIpc) is 3.41. The molecule has 1 heterocycles. The van der Waals surface area contributed by atoms with E-state index in [1.165, 1.54) is 25.4 Å². The number of nitrogens with one attached hydrogen (secondary N) is 2. The third-order valence-corrected chi connectivity index (χ3v) is 7.55. The number of rotatable bonds is 16. The first-order valence-electron chi connectivity index (χ1n) is 13.9. The van der Waals surface area contributed by atoms with Crippen molar-refractivity contribution < 1.29 is 28.7 Å². The second kappa shape index (κ2) is 16.7. The fourth-order valence-corrected chi connectivity index (χ4v) is 5.20. The molecule has 0 spiro atoms. The van der Waals surface area contributed by atoms with Crippen LogP contribution in [-0.2, 0) is 30.3 Å². The van der Waals surface area contributed by atoms with Crippen LogP contribution in [0.15, 0.2) is 35.7 Å². The Hall–Kier alpha value is -3.27. The summed E-state index contributed by atoms with van der Waals surface area (Å²) in [5.41, 5.74) is 1.23. The number of carbonyl (C=O) groups is 4. The zero-order valence-corrected chi connectivity index (χ0v) is 25.2. The van der Waals surface area contributed by atoms with Gasteiger partial charge in [-0.2, -0.15) is 0 Å². The topological polar surface area (TPSA) is 124 Å². The number of hydrogen-bond acceptors (Lipinski definition) is 8. The lowest BCUT2D eigenvalue weighted by Crippen LogP contribution is -2.40. The van der Waals surface area contributed by atoms with E-state index in [-0.39, 0.29) is 41.5 Å². The molecule has 0 aliphatic rings. The summed E-state index contributed by atoms with van der Waals surface area (Å²) in [6.45, 7) is 9.13. The van der Waals surface area contributed by atoms with Crippen molar-refractivity contribution in [1.82, 2.24) is 15.6 Å². The van der Waals surface area contributed by atoms with Crippen molar-refractivity contribution in [3.05, 3.63) is 52.0 Å². The Bertz CT molecular complexity index is 1100. The highest BCUT2D eigenvalue weighted by atomic mass is 32.1. The first kappa shape index (κ1) is 32.9. The largest absolute Gasteiger partial charge is 0.469 e. The highest BCUT2D eigenvalue weighted by Crippen LogP contribution is 2.29. The number of carbonyl (C=O) groups excluding carboxylic acids is 4. The number of hydrogen-bond donors (Lipinski definition) is 2. The first-order chi connectivity index (χ1) is 19.0. The van der Waals surface area contributed by atoms with Crippen LogP contribution in [0, 0.1) is 11.8 Å². The summed E-state index contributed by atoms with van der Waals surface area (Å²) in [7, 11) is 1.35. The van der Waals surface area contributed by atoms with E-state index in [0.717, 1.165) is 18.4 Å². The van der Waals surface area contributed by atoms with Crippen molar-refractivity contribution in [2.45, 2.75) is 91.3 Å². The van der Waals surface area contributed by atoms with E-state index in [1.807, 2.05) is 51.1 Å². The lowest BCUT2D eigenvalue weighted by atomic mass is 9.96. The molecule has 0 saturated carbocycles. The van der Waals surface area contributed by atoms with E-state index in [9.17, 15) is 19.2 Å². The number of unbranched alkanes of at least 4 members (excludes halogenated alkanes) is 1. The molecule has 0 radical (unpaired) electrons. The van der Waals surface area contributed by atoms with Crippen LogP contribution >= 0.6 is 11.3 Å². The quantitative estimate of drug-likeness (QED) is 0.271. The molecule has 10 heteroatoms. The summed E-state index contributed by atoms with van der Waals surface area (Å²) >= 11 is 1.23. The molecule has 0 saturated heterocycles. The summed E-state index contributed by atoms with van der Waals surface area (Å²) in [5, 5.41) is 8.20. The van der Waals surface area contributed by atoms with Gasteiger partial charge in [0, 0.05) is 37.2 Å². The minimum Gasteiger partial charge on any atom is -0.469 e. The molecule has 4 atom stereocenters. The normalized spacial score (nSPS) is 14.1. The van der Waals surface area contributed by atoms with Crippen molar-refractivity contribution in [2.75, 3.05) is 7.11 Å². The summed E-state index contributed by atoms with van der Waals surface area (Å²) in [6.07, 6.45) is 2.74. The van der Waals surface area contributed by atoms with Crippen LogP contribution < -0.4 is 10.6 Å². The number of esters is 2. The standard InChI is InChI=1S/C30H43N3O6S/c1-7-8-14-27(35)32-24(19(2)3)17-26(39-21(5)34)29-33-25(18-40-29)28(36)31-23(15-20(4)30(37)38-6)16-22-12-10-9-11-13-22/h9-13,18-20,23-24,26H,7-8,14-17H2,1-6H3,(H,31,36)(H,32,35)/t20-,23+,24+,26+/m0/s1. The lowest BCUT2D eigenvalue weighted by Gasteiger charge is -2.26. The Morgan fingerprint density at radius 2 is 1.73 bits per heavy atom. The van der Waals surface area contributed by atoms with E-state index in [4.69, 9.17) is 9.47 Å². The van der Waals surface area contributed by atoms with Crippen LogP contribution in [-0.4, -0.2) is 47.9 Å². The van der Waals surface area contributed by atoms with Gasteiger partial charge in [-0.05, 0) is 30.7 Å². The van der Waals surface area contributed by atoms with Gasteiger partial charge in [0.1, 0.15) is 10.7 Å². The molecule has 2 N–H and O–H groups in total. The molecule has 2 aromatic rings. The lowest BCUT2D eigenvalue weighted by molar-refractivity contribution is -0.147. The van der Waals surface area contributed by atoms with Gasteiger partial charge in [-0.25, -0.2) is 4.98 Å². The fraction of sp³-hybridized carbons (Fsp3) is 0.567. The van der Waals surface area contributed by atoms with Crippen molar-refractivity contribution in [3.63, 3.8) is 0 Å². The molecule has 0 unspecified atom stereocenters. The molecule has 2 amide bonds. The van der Waals surface area contributed by atoms with Gasteiger partial charge < -0.3 is 20.1 Å². The number of nitrogens with zero attached hydrogens (tertiary/aromatic N) is 1. The monoisotopic (exact) mass is 573 g/mol. The Balaban J connectivity index is 2.20. The number of aromatic nitrogens is 1. The van der Waals surface area contributed by atoms with Crippen LogP contribution in [0.2, 0.25) is 0 Å². The molecule has 2 rings (SSSR count). The molecule has 9 nitrogen and oxygen atoms in total. The minimum atomic E-state index is -0.706. The fourth-order valence-electron chi connectivity index (χ4n) is 4.36. The maximum absolute atomic E-state index is 13.3. The minimum absolute atomic E-state index is 0.0352. The molecule has 0 aliphatic carbocycles. The number of ether oxygens (including phenoxy) is 2. The zero-order valence-electron chi connectivity index (χ0n) is 24.4. The first-order valence-corrected chi connectivity index (χ1v) is 14.8. The predicted molar refractivity (Wildman–Crippen MR) is 155 cm³/mol. The number of amides is 2. The van der Waals surface area contributed by atoms with E-state index in [2.05, 4.69) is 15.6 Å². The van der Waals surface area contributed by atoms with Gasteiger partial charge in [0.15, 0.2) is 6.10 Å². The third kappa shape index (κ3) is 11.1. The summed E-state index contributed by atoms with van der Waals surface area (Å²) in [4.78, 5) is 54.2. The van der Waals surface area contributed by atoms with Crippen LogP contribution in [0.3, 0.4) is 0 Å². The molecule has 0 bridgehead atoms. The molecule has 220 valence electrons. The van der Waals surface area contributed by atoms with Crippen molar-refractivity contribution >= 4 is 35.1 Å². The van der Waals surface area contributed by atoms with Gasteiger partial charge in [-0.15, -0.1) is 11.3 Å². The average molecular weight is 574 g/mol. The zero-order chi connectivity index (χ0) is 29.7. The second-order valence-electron chi connectivity index (χ2n) is 10.4. The summed E-state index contributed by atoms with van der Waals surface area (Å²) < 4.78 is 10.5. The summed E-state index contributed by atoms with van der Waals surface area (Å²) in [5.74, 6) is -1.53. The number of methoxy groups -OCH3 is 1. The van der Waals surface area contributed by atoms with E-state index < -0.39 is 18.0 Å². The molecular weight excluding hydrogens is 530 g/mol. The van der Waals surface area contributed by atoms with Gasteiger partial charge in [-0.1, -0.05) is 64.4 Å². The predicted octanol–water partition coefficient (Wildman–Crippen LogP) is 5.01. The SMILES string of the molecule is CCCCC(=O)N[C@H](C[C@@H](OC(C)=O)c1nc(C(=O)N[C@@H](Cc2ccccc2)C[C@H](C)C(=O)OC)cs1)C(C)C. The molecule has 40 heavy (non-hydrogen) atoms. The van der Waals surface area contributed by atoms with Crippen molar-refractivity contribution in [3.8, 4) is 0 Å². The van der Waals surface area contributed by atoms with E-state index in [1.54, 1.807) is 12.3 Å². The van der Waals surface area contributed by atoms with E-state index >= 15 is 0 Å². The maximum atomic E-state index is 13.3. The van der Waals surface area contributed by atoms with E-state index in [0.29, 0.717) is 30.7 Å². The summed E-state index contributed by atoms with van der Waals surface area (Å²) in [6, 6.07) is 9.15. The second-order valence-corrected chi connectivity index (χ2v) is 11.3. The molecule has 1 aromatic carbocycles. The van der Waals surface area contributed by atoms with Gasteiger partial charge in [0.25, 0.3) is 5.91 Å². The van der Waals surface area contributed by atoms with Gasteiger partial charge in [-0.3, -0.25) is 19.2 Å².